The zero-order valence-electron chi connectivity index (χ0n) is 18.3. The molecule has 0 bridgehead atoms. The Kier molecular flexibility index (Phi) is 7.62. The number of methoxy groups -OCH3 is 1. The normalized spacial score (nSPS) is 18.3. The van der Waals surface area contributed by atoms with Crippen molar-refractivity contribution in [1.29, 1.82) is 0 Å². The Morgan fingerprint density at radius 2 is 2.15 bits per heavy atom. The SMILES string of the molecule is COc1cc([N+](=O)[O-])ccc1NC(=O)CSc1nnc(N2CCOCC2)n1CC1CCCO1. The molecule has 33 heavy (non-hydrogen) atoms. The van der Waals surface area contributed by atoms with Crippen molar-refractivity contribution in [1.82, 2.24) is 14.8 Å². The molecular weight excluding hydrogens is 452 g/mol. The Hall–Kier alpha value is -2.90. The van der Waals surface area contributed by atoms with Gasteiger partial charge in [0.2, 0.25) is 11.9 Å². The number of hydrogen-bond donors (Lipinski definition) is 1. The summed E-state index contributed by atoms with van der Waals surface area (Å²) in [6, 6.07) is 4.05. The molecule has 2 aliphatic heterocycles. The van der Waals surface area contributed by atoms with Gasteiger partial charge >= 0.3 is 0 Å². The lowest BCUT2D eigenvalue weighted by Gasteiger charge is -2.28. The lowest BCUT2D eigenvalue weighted by Crippen LogP contribution is -2.38. The van der Waals surface area contributed by atoms with Crippen molar-refractivity contribution in [2.45, 2.75) is 30.6 Å². The number of nitro benzene ring substituents is 1. The topological polar surface area (TPSA) is 134 Å². The molecular formula is C20H26N6O6S. The molecule has 2 fully saturated rings. The number of anilines is 2. The first-order valence-electron chi connectivity index (χ1n) is 10.7. The number of benzene rings is 1. The summed E-state index contributed by atoms with van der Waals surface area (Å²) in [6.07, 6.45) is 2.10. The summed E-state index contributed by atoms with van der Waals surface area (Å²) in [5.41, 5.74) is 0.251. The van der Waals surface area contributed by atoms with Gasteiger partial charge in [-0.15, -0.1) is 10.2 Å². The summed E-state index contributed by atoms with van der Waals surface area (Å²) in [5.74, 6) is 0.784. The third kappa shape index (κ3) is 5.72. The lowest BCUT2D eigenvalue weighted by atomic mass is 10.2. The highest BCUT2D eigenvalue weighted by Crippen LogP contribution is 2.30. The molecule has 0 spiro atoms. The second-order valence-corrected chi connectivity index (χ2v) is 8.55. The van der Waals surface area contributed by atoms with E-state index in [2.05, 4.69) is 20.4 Å². The van der Waals surface area contributed by atoms with Crippen LogP contribution in [0.4, 0.5) is 17.3 Å². The fourth-order valence-corrected chi connectivity index (χ4v) is 4.49. The quantitative estimate of drug-likeness (QED) is 0.324. The molecule has 1 atom stereocenters. The minimum Gasteiger partial charge on any atom is -0.494 e. The number of nitrogens with zero attached hydrogens (tertiary/aromatic N) is 5. The van der Waals surface area contributed by atoms with E-state index in [1.165, 1.54) is 37.1 Å². The van der Waals surface area contributed by atoms with E-state index in [4.69, 9.17) is 14.2 Å². The van der Waals surface area contributed by atoms with Gasteiger partial charge in [-0.1, -0.05) is 11.8 Å². The van der Waals surface area contributed by atoms with Gasteiger partial charge in [0.25, 0.3) is 5.69 Å². The number of nitrogens with one attached hydrogen (secondary N) is 1. The maximum Gasteiger partial charge on any atom is 0.273 e. The van der Waals surface area contributed by atoms with Crippen LogP contribution >= 0.6 is 11.8 Å². The van der Waals surface area contributed by atoms with Crippen LogP contribution in [0.15, 0.2) is 23.4 Å². The van der Waals surface area contributed by atoms with E-state index in [1.807, 2.05) is 4.57 Å². The third-order valence-electron chi connectivity index (χ3n) is 5.40. The number of carbonyl (C=O) groups excluding carboxylic acids is 1. The Labute approximate surface area is 194 Å². The Balaban J connectivity index is 1.44. The van der Waals surface area contributed by atoms with E-state index in [9.17, 15) is 14.9 Å². The van der Waals surface area contributed by atoms with Crippen LogP contribution in [0.2, 0.25) is 0 Å². The van der Waals surface area contributed by atoms with Crippen LogP contribution in [0.1, 0.15) is 12.8 Å². The van der Waals surface area contributed by atoms with Crippen LogP contribution in [-0.2, 0) is 20.8 Å². The standard InChI is InChI=1S/C20H26N6O6S/c1-30-17-11-14(26(28)29)4-5-16(17)21-18(27)13-33-20-23-22-19(24-6-9-31-10-7-24)25(20)12-15-3-2-8-32-15/h4-5,11,15H,2-3,6-10,12-13H2,1H3,(H,21,27). The smallest absolute Gasteiger partial charge is 0.273 e. The predicted molar refractivity (Wildman–Crippen MR) is 121 cm³/mol. The molecule has 1 aromatic heterocycles. The van der Waals surface area contributed by atoms with Crippen molar-refractivity contribution in [3.63, 3.8) is 0 Å². The maximum atomic E-state index is 12.6. The van der Waals surface area contributed by atoms with Crippen molar-refractivity contribution >= 4 is 35.0 Å². The summed E-state index contributed by atoms with van der Waals surface area (Å²) in [6.45, 7) is 4.11. The number of carbonyl (C=O) groups is 1. The summed E-state index contributed by atoms with van der Waals surface area (Å²) in [7, 11) is 1.39. The van der Waals surface area contributed by atoms with E-state index in [-0.39, 0.29) is 29.2 Å². The molecule has 2 aromatic rings. The Morgan fingerprint density at radius 1 is 1.33 bits per heavy atom. The Morgan fingerprint density at radius 3 is 2.85 bits per heavy atom. The average Bonchev–Trinajstić information content (AvgIpc) is 3.49. The summed E-state index contributed by atoms with van der Waals surface area (Å²) in [4.78, 5) is 25.2. The summed E-state index contributed by atoms with van der Waals surface area (Å²) >= 11 is 1.28. The van der Waals surface area contributed by atoms with E-state index in [0.717, 1.165) is 38.5 Å². The van der Waals surface area contributed by atoms with Gasteiger partial charge in [-0.05, 0) is 18.9 Å². The van der Waals surface area contributed by atoms with E-state index in [1.54, 1.807) is 0 Å². The molecule has 4 rings (SSSR count). The zero-order valence-corrected chi connectivity index (χ0v) is 19.1. The molecule has 2 saturated heterocycles. The highest BCUT2D eigenvalue weighted by Gasteiger charge is 2.25. The molecule has 178 valence electrons. The van der Waals surface area contributed by atoms with Gasteiger partial charge in [0.15, 0.2) is 5.16 Å². The molecule has 13 heteroatoms. The molecule has 0 radical (unpaired) electrons. The number of aromatic nitrogens is 3. The van der Waals surface area contributed by atoms with Crippen LogP contribution in [0.25, 0.3) is 0 Å². The number of amides is 1. The molecule has 2 aliphatic rings. The number of rotatable bonds is 9. The van der Waals surface area contributed by atoms with E-state index >= 15 is 0 Å². The van der Waals surface area contributed by atoms with Gasteiger partial charge in [0, 0.05) is 25.8 Å². The maximum absolute atomic E-state index is 12.6. The third-order valence-corrected chi connectivity index (χ3v) is 6.37. The second kappa shape index (κ2) is 10.8. The Bertz CT molecular complexity index is 989. The number of ether oxygens (including phenoxy) is 3. The highest BCUT2D eigenvalue weighted by atomic mass is 32.2. The monoisotopic (exact) mass is 478 g/mol. The predicted octanol–water partition coefficient (Wildman–Crippen LogP) is 1.94. The number of thioether (sulfide) groups is 1. The molecule has 1 unspecified atom stereocenters. The fraction of sp³-hybridized carbons (Fsp3) is 0.550. The van der Waals surface area contributed by atoms with Crippen LogP contribution in [-0.4, -0.2) is 77.5 Å². The summed E-state index contributed by atoms with van der Waals surface area (Å²) < 4.78 is 18.5. The molecule has 3 heterocycles. The van der Waals surface area contributed by atoms with Crippen molar-refractivity contribution in [2.24, 2.45) is 0 Å². The van der Waals surface area contributed by atoms with E-state index in [0.29, 0.717) is 30.6 Å². The zero-order chi connectivity index (χ0) is 23.2. The van der Waals surface area contributed by atoms with Crippen LogP contribution < -0.4 is 15.0 Å². The van der Waals surface area contributed by atoms with Crippen LogP contribution in [0, 0.1) is 10.1 Å². The van der Waals surface area contributed by atoms with Crippen molar-refractivity contribution < 1.29 is 23.9 Å². The minimum absolute atomic E-state index is 0.0902. The molecule has 0 saturated carbocycles. The van der Waals surface area contributed by atoms with Gasteiger partial charge in [-0.3, -0.25) is 19.5 Å². The van der Waals surface area contributed by atoms with Gasteiger partial charge in [0.05, 0.1) is 55.4 Å². The number of hydrogen-bond acceptors (Lipinski definition) is 10. The molecule has 0 aliphatic carbocycles. The van der Waals surface area contributed by atoms with Gasteiger partial charge in [-0.25, -0.2) is 0 Å². The molecule has 12 nitrogen and oxygen atoms in total. The van der Waals surface area contributed by atoms with Crippen LogP contribution in [0.5, 0.6) is 5.75 Å². The second-order valence-electron chi connectivity index (χ2n) is 7.61. The van der Waals surface area contributed by atoms with Crippen molar-refractivity contribution in [2.75, 3.05) is 56.0 Å². The highest BCUT2D eigenvalue weighted by molar-refractivity contribution is 7.99. The first kappa shape index (κ1) is 23.3. The lowest BCUT2D eigenvalue weighted by molar-refractivity contribution is -0.384. The van der Waals surface area contributed by atoms with Gasteiger partial charge in [0.1, 0.15) is 5.75 Å². The fourth-order valence-electron chi connectivity index (χ4n) is 3.75. The van der Waals surface area contributed by atoms with Gasteiger partial charge in [-0.2, -0.15) is 0 Å². The van der Waals surface area contributed by atoms with Gasteiger partial charge < -0.3 is 24.4 Å². The average molecular weight is 479 g/mol. The molecule has 1 amide bonds. The van der Waals surface area contributed by atoms with Crippen molar-refractivity contribution in [3.8, 4) is 5.75 Å². The molecule has 1 N–H and O–H groups in total. The van der Waals surface area contributed by atoms with Crippen molar-refractivity contribution in [3.05, 3.63) is 28.3 Å². The minimum atomic E-state index is -0.517. The first-order valence-corrected chi connectivity index (χ1v) is 11.7. The first-order chi connectivity index (χ1) is 16.0. The number of non-ortho nitro benzene ring substituents is 1. The molecule has 1 aromatic carbocycles. The number of nitro groups is 1. The number of morpholine rings is 1. The van der Waals surface area contributed by atoms with Crippen LogP contribution in [0.3, 0.4) is 0 Å². The summed E-state index contributed by atoms with van der Waals surface area (Å²) in [5, 5.41) is 23.1. The van der Waals surface area contributed by atoms with E-state index < -0.39 is 4.92 Å². The largest absolute Gasteiger partial charge is 0.494 e.